The maximum Gasteiger partial charge on any atom is 0.337 e. The maximum atomic E-state index is 11.4. The van der Waals surface area contributed by atoms with Gasteiger partial charge < -0.3 is 10.1 Å². The van der Waals surface area contributed by atoms with Gasteiger partial charge in [-0.05, 0) is 6.07 Å². The summed E-state index contributed by atoms with van der Waals surface area (Å²) < 4.78 is 0. The summed E-state index contributed by atoms with van der Waals surface area (Å²) in [6.45, 7) is 0. The minimum Gasteiger partial charge on any atom is -0.478 e. The highest BCUT2D eigenvalue weighted by atomic mass is 32.1. The lowest BCUT2D eigenvalue weighted by Crippen LogP contribution is -2.13. The van der Waals surface area contributed by atoms with E-state index in [9.17, 15) is 9.59 Å². The Hall–Kier alpha value is -1.75. The number of thiol groups is 1. The van der Waals surface area contributed by atoms with Crippen LogP contribution in [0.4, 0.5) is 0 Å². The van der Waals surface area contributed by atoms with Crippen molar-refractivity contribution in [2.24, 2.45) is 0 Å². The lowest BCUT2D eigenvalue weighted by molar-refractivity contribution is 0.0695. The SMILES string of the molecule is O=C(O)c1c(S)c(=O)[nH]c2ccccc12. The molecule has 0 aliphatic rings. The summed E-state index contributed by atoms with van der Waals surface area (Å²) in [6, 6.07) is 6.72. The number of aromatic nitrogens is 1. The predicted molar refractivity (Wildman–Crippen MR) is 58.8 cm³/mol. The number of hydrogen-bond donors (Lipinski definition) is 3. The van der Waals surface area contributed by atoms with Crippen LogP contribution in [-0.2, 0) is 0 Å². The first-order valence-corrected chi connectivity index (χ1v) is 4.63. The summed E-state index contributed by atoms with van der Waals surface area (Å²) in [4.78, 5) is 24.8. The molecule has 0 atom stereocenters. The van der Waals surface area contributed by atoms with E-state index in [1.54, 1.807) is 24.3 Å². The van der Waals surface area contributed by atoms with Crippen molar-refractivity contribution < 1.29 is 9.90 Å². The average Bonchev–Trinajstić information content (AvgIpc) is 2.19. The first kappa shape index (κ1) is 9.79. The second-order valence-electron chi connectivity index (χ2n) is 3.03. The molecule has 4 nitrogen and oxygen atoms in total. The summed E-state index contributed by atoms with van der Waals surface area (Å²) in [5.41, 5.74) is -0.0511. The average molecular weight is 221 g/mol. The summed E-state index contributed by atoms with van der Waals surface area (Å²) >= 11 is 3.90. The Labute approximate surface area is 90.0 Å². The minimum absolute atomic E-state index is 0.0577. The van der Waals surface area contributed by atoms with Gasteiger partial charge in [0.15, 0.2) is 0 Å². The summed E-state index contributed by atoms with van der Waals surface area (Å²) in [6.07, 6.45) is 0. The van der Waals surface area contributed by atoms with Gasteiger partial charge in [-0.3, -0.25) is 4.79 Å². The van der Waals surface area contributed by atoms with E-state index in [4.69, 9.17) is 5.11 Å². The third-order valence-corrected chi connectivity index (χ3v) is 2.54. The second kappa shape index (κ2) is 3.43. The summed E-state index contributed by atoms with van der Waals surface area (Å²) in [5, 5.41) is 9.47. The Morgan fingerprint density at radius 1 is 1.33 bits per heavy atom. The Kier molecular flexibility index (Phi) is 2.24. The molecule has 76 valence electrons. The van der Waals surface area contributed by atoms with Crippen molar-refractivity contribution >= 4 is 29.5 Å². The van der Waals surface area contributed by atoms with Crippen molar-refractivity contribution in [3.8, 4) is 0 Å². The highest BCUT2D eigenvalue weighted by Crippen LogP contribution is 2.19. The number of para-hydroxylation sites is 1. The molecule has 0 bridgehead atoms. The quantitative estimate of drug-likeness (QED) is 0.639. The van der Waals surface area contributed by atoms with Crippen LogP contribution in [0, 0.1) is 0 Å². The molecule has 2 aromatic rings. The van der Waals surface area contributed by atoms with E-state index in [2.05, 4.69) is 17.6 Å². The fourth-order valence-electron chi connectivity index (χ4n) is 1.45. The molecule has 1 aromatic heterocycles. The van der Waals surface area contributed by atoms with Crippen LogP contribution >= 0.6 is 12.6 Å². The molecule has 0 aliphatic heterocycles. The van der Waals surface area contributed by atoms with E-state index in [-0.39, 0.29) is 10.5 Å². The molecule has 5 heteroatoms. The van der Waals surface area contributed by atoms with Gasteiger partial charge in [0.25, 0.3) is 5.56 Å². The van der Waals surface area contributed by atoms with Gasteiger partial charge in [-0.1, -0.05) is 18.2 Å². The molecule has 15 heavy (non-hydrogen) atoms. The van der Waals surface area contributed by atoms with E-state index in [0.29, 0.717) is 10.9 Å². The van der Waals surface area contributed by atoms with E-state index in [1.807, 2.05) is 0 Å². The van der Waals surface area contributed by atoms with Gasteiger partial charge in [0.2, 0.25) is 0 Å². The molecule has 0 saturated heterocycles. The van der Waals surface area contributed by atoms with Crippen LogP contribution in [-0.4, -0.2) is 16.1 Å². The maximum absolute atomic E-state index is 11.4. The Morgan fingerprint density at radius 3 is 2.67 bits per heavy atom. The van der Waals surface area contributed by atoms with Crippen LogP contribution in [0.15, 0.2) is 34.0 Å². The third-order valence-electron chi connectivity index (χ3n) is 2.11. The Balaban J connectivity index is 3.02. The Bertz CT molecular complexity index is 603. The zero-order valence-electron chi connectivity index (χ0n) is 7.52. The summed E-state index contributed by atoms with van der Waals surface area (Å²) in [5.74, 6) is -1.15. The molecule has 1 aromatic carbocycles. The van der Waals surface area contributed by atoms with Gasteiger partial charge in [-0.2, -0.15) is 0 Å². The smallest absolute Gasteiger partial charge is 0.337 e. The van der Waals surface area contributed by atoms with Crippen LogP contribution in [0.5, 0.6) is 0 Å². The number of carboxylic acids is 1. The number of fused-ring (bicyclic) bond motifs is 1. The van der Waals surface area contributed by atoms with Crippen molar-refractivity contribution in [3.63, 3.8) is 0 Å². The molecular formula is C10H7NO3S. The van der Waals surface area contributed by atoms with E-state index in [0.717, 1.165) is 0 Å². The molecule has 0 amide bonds. The largest absolute Gasteiger partial charge is 0.478 e. The number of H-pyrrole nitrogens is 1. The van der Waals surface area contributed by atoms with Gasteiger partial charge in [-0.25, -0.2) is 4.79 Å². The van der Waals surface area contributed by atoms with Crippen molar-refractivity contribution in [1.82, 2.24) is 4.98 Å². The minimum atomic E-state index is -1.15. The standard InChI is InChI=1S/C10H7NO3S/c12-9-8(15)7(10(13)14)5-3-1-2-4-6(5)11-9/h1-4,15H,(H,11,12)(H,13,14). The van der Waals surface area contributed by atoms with Crippen LogP contribution in [0.25, 0.3) is 10.9 Å². The highest BCUT2D eigenvalue weighted by molar-refractivity contribution is 7.80. The summed E-state index contributed by atoms with van der Waals surface area (Å²) in [7, 11) is 0. The molecule has 2 rings (SSSR count). The van der Waals surface area contributed by atoms with Gasteiger partial charge >= 0.3 is 5.97 Å². The monoisotopic (exact) mass is 221 g/mol. The molecule has 0 fully saturated rings. The second-order valence-corrected chi connectivity index (χ2v) is 3.48. The number of benzene rings is 1. The Morgan fingerprint density at radius 2 is 2.00 bits per heavy atom. The van der Waals surface area contributed by atoms with Gasteiger partial charge in [0.1, 0.15) is 0 Å². The van der Waals surface area contributed by atoms with Crippen LogP contribution in [0.1, 0.15) is 10.4 Å². The van der Waals surface area contributed by atoms with E-state index >= 15 is 0 Å². The number of carbonyl (C=O) groups is 1. The van der Waals surface area contributed by atoms with Crippen molar-refractivity contribution in [1.29, 1.82) is 0 Å². The first-order valence-electron chi connectivity index (χ1n) is 4.18. The predicted octanol–water partition coefficient (Wildman–Crippen LogP) is 1.51. The number of hydrogen-bond acceptors (Lipinski definition) is 3. The number of nitrogens with one attached hydrogen (secondary N) is 1. The van der Waals surface area contributed by atoms with E-state index in [1.165, 1.54) is 0 Å². The van der Waals surface area contributed by atoms with Gasteiger partial charge in [0.05, 0.1) is 10.5 Å². The van der Waals surface area contributed by atoms with Gasteiger partial charge in [-0.15, -0.1) is 12.6 Å². The number of aromatic carboxylic acids is 1. The fourth-order valence-corrected chi connectivity index (χ4v) is 1.72. The first-order chi connectivity index (χ1) is 7.11. The zero-order chi connectivity index (χ0) is 11.0. The number of pyridine rings is 1. The highest BCUT2D eigenvalue weighted by Gasteiger charge is 2.15. The number of aromatic amines is 1. The van der Waals surface area contributed by atoms with Crippen LogP contribution in [0.2, 0.25) is 0 Å². The van der Waals surface area contributed by atoms with Crippen LogP contribution in [0.3, 0.4) is 0 Å². The molecular weight excluding hydrogens is 214 g/mol. The molecule has 0 saturated carbocycles. The lowest BCUT2D eigenvalue weighted by atomic mass is 10.1. The molecule has 0 spiro atoms. The molecule has 0 aliphatic carbocycles. The molecule has 1 heterocycles. The number of carboxylic acid groups (broad SMARTS) is 1. The lowest BCUT2D eigenvalue weighted by Gasteiger charge is -2.04. The molecule has 0 radical (unpaired) electrons. The molecule has 0 unspecified atom stereocenters. The van der Waals surface area contributed by atoms with Crippen molar-refractivity contribution in [2.45, 2.75) is 4.90 Å². The van der Waals surface area contributed by atoms with Crippen LogP contribution < -0.4 is 5.56 Å². The fraction of sp³-hybridized carbons (Fsp3) is 0. The van der Waals surface area contributed by atoms with Gasteiger partial charge in [0, 0.05) is 10.9 Å². The molecule has 2 N–H and O–H groups in total. The van der Waals surface area contributed by atoms with Crippen molar-refractivity contribution in [3.05, 3.63) is 40.2 Å². The van der Waals surface area contributed by atoms with Crippen molar-refractivity contribution in [2.75, 3.05) is 0 Å². The van der Waals surface area contributed by atoms with E-state index < -0.39 is 11.5 Å². The number of rotatable bonds is 1. The topological polar surface area (TPSA) is 70.2 Å². The zero-order valence-corrected chi connectivity index (χ0v) is 8.41. The third kappa shape index (κ3) is 1.50. The normalized spacial score (nSPS) is 10.5.